The van der Waals surface area contributed by atoms with Gasteiger partial charge in [0.25, 0.3) is 0 Å². The summed E-state index contributed by atoms with van der Waals surface area (Å²) in [5.41, 5.74) is 0. The Kier molecular flexibility index (Phi) is 1.81. The highest BCUT2D eigenvalue weighted by atomic mass is 16.7. The highest BCUT2D eigenvalue weighted by Gasteiger charge is 2.55. The minimum absolute atomic E-state index is 0.336. The van der Waals surface area contributed by atoms with E-state index in [1.165, 1.54) is 0 Å². The van der Waals surface area contributed by atoms with Crippen LogP contribution in [-0.4, -0.2) is 35.3 Å². The average molecular weight is 171 g/mol. The van der Waals surface area contributed by atoms with Gasteiger partial charge in [0.1, 0.15) is 6.04 Å². The normalized spacial score (nSPS) is 40.6. The number of carboxylic acid groups (broad SMARTS) is 1. The molecule has 0 aromatic heterocycles. The molecular weight excluding hydrogens is 158 g/mol. The van der Waals surface area contributed by atoms with Crippen molar-refractivity contribution in [2.24, 2.45) is 5.92 Å². The lowest BCUT2D eigenvalue weighted by molar-refractivity contribution is -0.269. The van der Waals surface area contributed by atoms with Gasteiger partial charge in [0.2, 0.25) is 0 Å². The maximum Gasteiger partial charge on any atom is 0.323 e. The van der Waals surface area contributed by atoms with Crippen LogP contribution in [-0.2, 0) is 9.63 Å². The van der Waals surface area contributed by atoms with Gasteiger partial charge in [0, 0.05) is 12.0 Å². The monoisotopic (exact) mass is 171 g/mol. The maximum absolute atomic E-state index is 10.8. The number of aliphatic carboxylic acids is 1. The van der Waals surface area contributed by atoms with Gasteiger partial charge in [0.05, 0.1) is 7.11 Å². The van der Waals surface area contributed by atoms with Crippen LogP contribution in [0, 0.1) is 5.92 Å². The minimum Gasteiger partial charge on any atom is -0.480 e. The molecule has 4 nitrogen and oxygen atoms in total. The van der Waals surface area contributed by atoms with Gasteiger partial charge in [-0.25, -0.2) is 0 Å². The Hall–Kier alpha value is -0.610. The van der Waals surface area contributed by atoms with Crippen LogP contribution < -0.4 is 0 Å². The smallest absolute Gasteiger partial charge is 0.323 e. The van der Waals surface area contributed by atoms with E-state index in [1.807, 2.05) is 0 Å². The number of carboxylic acids is 1. The molecular formula is C8H13NO3. The lowest BCUT2D eigenvalue weighted by Gasteiger charge is -2.47. The number of hydrogen-bond donors (Lipinski definition) is 1. The first kappa shape index (κ1) is 8.01. The number of hydroxylamine groups is 2. The number of hydrogen-bond acceptors (Lipinski definition) is 3. The number of nitrogens with zero attached hydrogens (tertiary/aromatic N) is 1. The zero-order chi connectivity index (χ0) is 8.72. The van der Waals surface area contributed by atoms with Crippen LogP contribution in [0.5, 0.6) is 0 Å². The summed E-state index contributed by atoms with van der Waals surface area (Å²) < 4.78 is 0. The van der Waals surface area contributed by atoms with Crippen LogP contribution in [0.2, 0.25) is 0 Å². The molecule has 68 valence electrons. The highest BCUT2D eigenvalue weighted by molar-refractivity contribution is 5.75. The van der Waals surface area contributed by atoms with Crippen molar-refractivity contribution in [1.29, 1.82) is 0 Å². The van der Waals surface area contributed by atoms with Crippen molar-refractivity contribution in [1.82, 2.24) is 5.06 Å². The zero-order valence-electron chi connectivity index (χ0n) is 7.06. The van der Waals surface area contributed by atoms with Gasteiger partial charge in [0.15, 0.2) is 0 Å². The Labute approximate surface area is 71.1 Å². The third-order valence-electron chi connectivity index (χ3n) is 3.00. The van der Waals surface area contributed by atoms with E-state index < -0.39 is 5.97 Å². The molecule has 2 rings (SSSR count). The number of fused-ring (bicyclic) bond motifs is 1. The van der Waals surface area contributed by atoms with E-state index in [9.17, 15) is 4.79 Å². The molecule has 4 heteroatoms. The SMILES string of the molecule is CON1[C@@H]2CCC[C@@H]2[C@H]1C(=O)O. The van der Waals surface area contributed by atoms with Gasteiger partial charge >= 0.3 is 5.97 Å². The zero-order valence-corrected chi connectivity index (χ0v) is 7.06. The van der Waals surface area contributed by atoms with E-state index in [0.717, 1.165) is 19.3 Å². The van der Waals surface area contributed by atoms with Crippen LogP contribution >= 0.6 is 0 Å². The molecule has 1 saturated heterocycles. The molecule has 0 spiro atoms. The van der Waals surface area contributed by atoms with Crippen molar-refractivity contribution in [3.05, 3.63) is 0 Å². The standard InChI is InChI=1S/C8H13NO3/c1-12-9-6-4-2-3-5(6)7(9)8(10)11/h5-7H,2-4H2,1H3,(H,10,11)/t5-,6+,7-/m0/s1. The molecule has 1 aliphatic carbocycles. The molecule has 0 radical (unpaired) electrons. The molecule has 2 aliphatic rings. The van der Waals surface area contributed by atoms with E-state index in [2.05, 4.69) is 0 Å². The Morgan fingerprint density at radius 3 is 2.92 bits per heavy atom. The predicted octanol–water partition coefficient (Wildman–Crippen LogP) is 0.485. The molecule has 1 heterocycles. The van der Waals surface area contributed by atoms with E-state index in [1.54, 1.807) is 12.2 Å². The topological polar surface area (TPSA) is 49.8 Å². The fourth-order valence-electron chi connectivity index (χ4n) is 2.49. The summed E-state index contributed by atoms with van der Waals surface area (Å²) in [6.45, 7) is 0. The van der Waals surface area contributed by atoms with Crippen molar-refractivity contribution in [3.63, 3.8) is 0 Å². The Balaban J connectivity index is 2.08. The summed E-state index contributed by atoms with van der Waals surface area (Å²) in [5.74, 6) is -0.414. The second-order valence-corrected chi connectivity index (χ2v) is 3.49. The van der Waals surface area contributed by atoms with E-state index >= 15 is 0 Å². The third kappa shape index (κ3) is 0.881. The Bertz CT molecular complexity index is 206. The van der Waals surface area contributed by atoms with Crippen molar-refractivity contribution >= 4 is 5.97 Å². The first-order valence-corrected chi connectivity index (χ1v) is 4.31. The quantitative estimate of drug-likeness (QED) is 0.656. The molecule has 3 atom stereocenters. The molecule has 0 amide bonds. The number of rotatable bonds is 2. The summed E-state index contributed by atoms with van der Waals surface area (Å²) in [6.07, 6.45) is 3.27. The summed E-state index contributed by atoms with van der Waals surface area (Å²) in [7, 11) is 1.55. The Morgan fingerprint density at radius 1 is 1.58 bits per heavy atom. The molecule has 0 bridgehead atoms. The summed E-state index contributed by atoms with van der Waals surface area (Å²) in [4.78, 5) is 15.8. The molecule has 1 N–H and O–H groups in total. The van der Waals surface area contributed by atoms with Gasteiger partial charge < -0.3 is 9.94 Å². The summed E-state index contributed by atoms with van der Waals surface area (Å²) in [5, 5.41) is 10.5. The lowest BCUT2D eigenvalue weighted by Crippen LogP contribution is -2.64. The van der Waals surface area contributed by atoms with Crippen LogP contribution in [0.15, 0.2) is 0 Å². The Morgan fingerprint density at radius 2 is 2.33 bits per heavy atom. The van der Waals surface area contributed by atoms with Gasteiger partial charge in [-0.1, -0.05) is 6.42 Å². The second kappa shape index (κ2) is 2.71. The second-order valence-electron chi connectivity index (χ2n) is 3.49. The fraction of sp³-hybridized carbons (Fsp3) is 0.875. The fourth-order valence-corrected chi connectivity index (χ4v) is 2.49. The first-order chi connectivity index (χ1) is 5.75. The highest BCUT2D eigenvalue weighted by Crippen LogP contribution is 2.44. The molecule has 0 aromatic rings. The minimum atomic E-state index is -0.750. The maximum atomic E-state index is 10.8. The van der Waals surface area contributed by atoms with Gasteiger partial charge in [-0.2, -0.15) is 5.06 Å². The molecule has 1 aliphatic heterocycles. The van der Waals surface area contributed by atoms with Crippen molar-refractivity contribution in [2.45, 2.75) is 31.3 Å². The predicted molar refractivity (Wildman–Crippen MR) is 41.4 cm³/mol. The molecule has 2 fully saturated rings. The van der Waals surface area contributed by atoms with Crippen LogP contribution in [0.4, 0.5) is 0 Å². The third-order valence-corrected chi connectivity index (χ3v) is 3.00. The van der Waals surface area contributed by atoms with E-state index in [-0.39, 0.29) is 6.04 Å². The summed E-state index contributed by atoms with van der Waals surface area (Å²) in [6, 6.07) is -0.0152. The molecule has 1 saturated carbocycles. The first-order valence-electron chi connectivity index (χ1n) is 4.31. The largest absolute Gasteiger partial charge is 0.480 e. The van der Waals surface area contributed by atoms with Gasteiger partial charge in [-0.15, -0.1) is 0 Å². The van der Waals surface area contributed by atoms with Crippen LogP contribution in [0.3, 0.4) is 0 Å². The van der Waals surface area contributed by atoms with Gasteiger partial charge in [-0.05, 0) is 12.8 Å². The lowest BCUT2D eigenvalue weighted by atomic mass is 9.84. The molecule has 0 aromatic carbocycles. The van der Waals surface area contributed by atoms with Crippen molar-refractivity contribution < 1.29 is 14.7 Å². The van der Waals surface area contributed by atoms with Crippen LogP contribution in [0.25, 0.3) is 0 Å². The van der Waals surface area contributed by atoms with Crippen molar-refractivity contribution in [2.75, 3.05) is 7.11 Å². The van der Waals surface area contributed by atoms with Crippen molar-refractivity contribution in [3.8, 4) is 0 Å². The van der Waals surface area contributed by atoms with Gasteiger partial charge in [-0.3, -0.25) is 4.79 Å². The number of carbonyl (C=O) groups is 1. The molecule has 12 heavy (non-hydrogen) atoms. The summed E-state index contributed by atoms with van der Waals surface area (Å²) >= 11 is 0. The van der Waals surface area contributed by atoms with Crippen LogP contribution in [0.1, 0.15) is 19.3 Å². The van der Waals surface area contributed by atoms with E-state index in [0.29, 0.717) is 12.0 Å². The average Bonchev–Trinajstić information content (AvgIpc) is 2.34. The van der Waals surface area contributed by atoms with E-state index in [4.69, 9.17) is 9.94 Å². The molecule has 0 unspecified atom stereocenters.